The van der Waals surface area contributed by atoms with Gasteiger partial charge in [0.1, 0.15) is 10.7 Å². The maximum atomic E-state index is 12.3. The normalized spacial score (nSPS) is 10.5. The molecule has 0 saturated heterocycles. The fraction of sp³-hybridized carbons (Fsp3) is 0.0588. The molecule has 5 heteroatoms. The van der Waals surface area contributed by atoms with Crippen molar-refractivity contribution in [3.63, 3.8) is 0 Å². The van der Waals surface area contributed by atoms with E-state index in [2.05, 4.69) is 26.2 Å². The van der Waals surface area contributed by atoms with E-state index in [1.54, 1.807) is 5.38 Å². The van der Waals surface area contributed by atoms with E-state index in [4.69, 9.17) is 0 Å². The minimum absolute atomic E-state index is 0.191. The zero-order chi connectivity index (χ0) is 15.5. The number of hydrogen-bond acceptors (Lipinski definition) is 3. The van der Waals surface area contributed by atoms with Crippen LogP contribution in [0.1, 0.15) is 16.1 Å². The first-order chi connectivity index (χ1) is 10.6. The first-order valence-electron chi connectivity index (χ1n) is 6.72. The molecule has 0 aliphatic rings. The van der Waals surface area contributed by atoms with E-state index in [0.29, 0.717) is 5.69 Å². The van der Waals surface area contributed by atoms with Gasteiger partial charge >= 0.3 is 0 Å². The second-order valence-corrected chi connectivity index (χ2v) is 6.59. The number of hydrogen-bond donors (Lipinski definition) is 1. The van der Waals surface area contributed by atoms with Crippen LogP contribution >= 0.6 is 27.3 Å². The van der Waals surface area contributed by atoms with Crippen LogP contribution in [0.15, 0.2) is 58.4 Å². The molecule has 110 valence electrons. The van der Waals surface area contributed by atoms with Gasteiger partial charge in [-0.05, 0) is 30.7 Å². The smallest absolute Gasteiger partial charge is 0.275 e. The van der Waals surface area contributed by atoms with Gasteiger partial charge in [0.15, 0.2) is 0 Å². The Hall–Kier alpha value is -1.98. The molecule has 1 aromatic heterocycles. The van der Waals surface area contributed by atoms with Gasteiger partial charge in [-0.3, -0.25) is 4.79 Å². The highest BCUT2D eigenvalue weighted by Crippen LogP contribution is 2.25. The van der Waals surface area contributed by atoms with Crippen molar-refractivity contribution in [3.05, 3.63) is 69.6 Å². The molecule has 0 fully saturated rings. The number of benzene rings is 2. The molecule has 1 amide bonds. The van der Waals surface area contributed by atoms with Gasteiger partial charge in [0.2, 0.25) is 0 Å². The van der Waals surface area contributed by atoms with Crippen molar-refractivity contribution in [3.8, 4) is 10.6 Å². The molecule has 2 aromatic carbocycles. The second-order valence-electron chi connectivity index (χ2n) is 4.82. The molecule has 1 N–H and O–H groups in total. The maximum Gasteiger partial charge on any atom is 0.275 e. The van der Waals surface area contributed by atoms with E-state index in [9.17, 15) is 4.79 Å². The number of aromatic nitrogens is 1. The van der Waals surface area contributed by atoms with Crippen LogP contribution < -0.4 is 5.32 Å². The van der Waals surface area contributed by atoms with Gasteiger partial charge in [0, 0.05) is 21.1 Å². The third kappa shape index (κ3) is 3.26. The Morgan fingerprint density at radius 3 is 2.68 bits per heavy atom. The number of halogens is 1. The molecular formula is C17H13BrN2OS. The molecule has 0 bridgehead atoms. The molecule has 0 atom stereocenters. The molecule has 22 heavy (non-hydrogen) atoms. The highest BCUT2D eigenvalue weighted by atomic mass is 79.9. The minimum Gasteiger partial charge on any atom is -0.320 e. The van der Waals surface area contributed by atoms with Crippen LogP contribution in [0.3, 0.4) is 0 Å². The number of anilines is 1. The quantitative estimate of drug-likeness (QED) is 0.691. The highest BCUT2D eigenvalue weighted by molar-refractivity contribution is 9.10. The van der Waals surface area contributed by atoms with Gasteiger partial charge in [0.05, 0.1) is 0 Å². The number of nitrogens with zero attached hydrogens (tertiary/aromatic N) is 1. The van der Waals surface area contributed by atoms with Gasteiger partial charge in [-0.25, -0.2) is 4.98 Å². The zero-order valence-corrected chi connectivity index (χ0v) is 14.2. The lowest BCUT2D eigenvalue weighted by atomic mass is 10.2. The summed E-state index contributed by atoms with van der Waals surface area (Å²) >= 11 is 4.88. The summed E-state index contributed by atoms with van der Waals surface area (Å²) < 4.78 is 0.989. The summed E-state index contributed by atoms with van der Waals surface area (Å²) in [6, 6.07) is 15.6. The number of aryl methyl sites for hydroxylation is 1. The van der Waals surface area contributed by atoms with Gasteiger partial charge < -0.3 is 5.32 Å². The van der Waals surface area contributed by atoms with Gasteiger partial charge in [-0.1, -0.05) is 46.3 Å². The van der Waals surface area contributed by atoms with Crippen LogP contribution in [0.5, 0.6) is 0 Å². The number of amides is 1. The number of carbonyl (C=O) groups excluding carboxylic acids is 1. The van der Waals surface area contributed by atoms with E-state index in [1.165, 1.54) is 11.3 Å². The van der Waals surface area contributed by atoms with Crippen LogP contribution in [0, 0.1) is 6.92 Å². The van der Waals surface area contributed by atoms with E-state index >= 15 is 0 Å². The largest absolute Gasteiger partial charge is 0.320 e. The third-order valence-electron chi connectivity index (χ3n) is 3.19. The van der Waals surface area contributed by atoms with Crippen molar-refractivity contribution in [1.29, 1.82) is 0 Å². The average Bonchev–Trinajstić information content (AvgIpc) is 3.01. The summed E-state index contributed by atoms with van der Waals surface area (Å²) in [5.41, 5.74) is 3.25. The first-order valence-corrected chi connectivity index (χ1v) is 8.39. The summed E-state index contributed by atoms with van der Waals surface area (Å²) in [5.74, 6) is -0.191. The molecule has 0 saturated carbocycles. The summed E-state index contributed by atoms with van der Waals surface area (Å²) in [5, 5.41) is 5.53. The number of nitrogens with one attached hydrogen (secondary N) is 1. The standard InChI is InChI=1S/C17H13BrN2OS/c1-11-9-13(18)7-8-14(11)19-16(21)15-10-22-17(20-15)12-5-3-2-4-6-12/h2-10H,1H3,(H,19,21). The Labute approximate surface area is 141 Å². The zero-order valence-electron chi connectivity index (χ0n) is 11.8. The van der Waals surface area contributed by atoms with Crippen molar-refractivity contribution in [2.75, 3.05) is 5.32 Å². The lowest BCUT2D eigenvalue weighted by Gasteiger charge is -2.07. The van der Waals surface area contributed by atoms with Crippen LogP contribution in [0.2, 0.25) is 0 Å². The molecular weight excluding hydrogens is 360 g/mol. The molecule has 3 aromatic rings. The van der Waals surface area contributed by atoms with E-state index in [-0.39, 0.29) is 5.91 Å². The fourth-order valence-electron chi connectivity index (χ4n) is 2.05. The van der Waals surface area contributed by atoms with Crippen LogP contribution in [-0.4, -0.2) is 10.9 Å². The molecule has 3 nitrogen and oxygen atoms in total. The summed E-state index contributed by atoms with van der Waals surface area (Å²) in [4.78, 5) is 16.7. The number of thiazole rings is 1. The number of rotatable bonds is 3. The van der Waals surface area contributed by atoms with Crippen LogP contribution in [0.4, 0.5) is 5.69 Å². The van der Waals surface area contributed by atoms with Gasteiger partial charge in [-0.2, -0.15) is 0 Å². The van der Waals surface area contributed by atoms with E-state index in [1.807, 2.05) is 55.5 Å². The van der Waals surface area contributed by atoms with Crippen LogP contribution in [0.25, 0.3) is 10.6 Å². The molecule has 1 heterocycles. The van der Waals surface area contributed by atoms with Crippen molar-refractivity contribution in [2.24, 2.45) is 0 Å². The molecule has 0 radical (unpaired) electrons. The first kappa shape index (κ1) is 14.9. The Bertz CT molecular complexity index is 815. The predicted octanol–water partition coefficient (Wildman–Crippen LogP) is 5.13. The predicted molar refractivity (Wildman–Crippen MR) is 94.4 cm³/mol. The fourth-order valence-corrected chi connectivity index (χ4v) is 3.33. The van der Waals surface area contributed by atoms with Crippen molar-refractivity contribution in [1.82, 2.24) is 4.98 Å². The molecule has 0 aliphatic heterocycles. The Morgan fingerprint density at radius 1 is 1.18 bits per heavy atom. The SMILES string of the molecule is Cc1cc(Br)ccc1NC(=O)c1csc(-c2ccccc2)n1. The lowest BCUT2D eigenvalue weighted by Crippen LogP contribution is -2.13. The Balaban J connectivity index is 1.80. The summed E-state index contributed by atoms with van der Waals surface area (Å²) in [6.45, 7) is 1.96. The minimum atomic E-state index is -0.191. The topological polar surface area (TPSA) is 42.0 Å². The molecule has 0 unspecified atom stereocenters. The average molecular weight is 373 g/mol. The third-order valence-corrected chi connectivity index (χ3v) is 4.58. The number of carbonyl (C=O) groups is 1. The lowest BCUT2D eigenvalue weighted by molar-refractivity contribution is 0.102. The molecule has 0 aliphatic carbocycles. The van der Waals surface area contributed by atoms with Crippen molar-refractivity contribution < 1.29 is 4.79 Å². The van der Waals surface area contributed by atoms with Gasteiger partial charge in [-0.15, -0.1) is 11.3 Å². The summed E-state index contributed by atoms with van der Waals surface area (Å²) in [6.07, 6.45) is 0. The second kappa shape index (κ2) is 6.42. The Morgan fingerprint density at radius 2 is 1.95 bits per heavy atom. The van der Waals surface area contributed by atoms with Gasteiger partial charge in [0.25, 0.3) is 5.91 Å². The molecule has 0 spiro atoms. The highest BCUT2D eigenvalue weighted by Gasteiger charge is 2.13. The van der Waals surface area contributed by atoms with E-state index < -0.39 is 0 Å². The van der Waals surface area contributed by atoms with Crippen molar-refractivity contribution in [2.45, 2.75) is 6.92 Å². The Kier molecular flexibility index (Phi) is 4.36. The molecule has 3 rings (SSSR count). The summed E-state index contributed by atoms with van der Waals surface area (Å²) in [7, 11) is 0. The van der Waals surface area contributed by atoms with Crippen molar-refractivity contribution >= 4 is 38.9 Å². The van der Waals surface area contributed by atoms with E-state index in [0.717, 1.165) is 26.3 Å². The van der Waals surface area contributed by atoms with Crippen LogP contribution in [-0.2, 0) is 0 Å². The maximum absolute atomic E-state index is 12.3. The monoisotopic (exact) mass is 372 g/mol.